The van der Waals surface area contributed by atoms with Crippen LogP contribution >= 0.6 is 15.9 Å². The van der Waals surface area contributed by atoms with Crippen LogP contribution in [0.4, 0.5) is 4.39 Å². The van der Waals surface area contributed by atoms with Crippen LogP contribution < -0.4 is 5.32 Å². The Hall–Kier alpha value is -0.900. The number of benzene rings is 1. The second kappa shape index (κ2) is 3.10. The second-order valence-electron chi connectivity index (χ2n) is 2.99. The predicted molar refractivity (Wildman–Crippen MR) is 49.6 cm³/mol. The predicted octanol–water partition coefficient (Wildman–Crippen LogP) is 2.15. The summed E-state index contributed by atoms with van der Waals surface area (Å²) in [5.74, 6) is -0.294. The molecule has 1 fully saturated rings. The number of rotatable bonds is 1. The minimum absolute atomic E-state index is 0.0237. The van der Waals surface area contributed by atoms with Crippen molar-refractivity contribution in [1.82, 2.24) is 5.32 Å². The molecule has 0 aromatic heterocycles. The van der Waals surface area contributed by atoms with Gasteiger partial charge in [0.25, 0.3) is 0 Å². The minimum Gasteiger partial charge on any atom is -0.349 e. The van der Waals surface area contributed by atoms with Crippen LogP contribution in [0.5, 0.6) is 0 Å². The van der Waals surface area contributed by atoms with Crippen molar-refractivity contribution >= 4 is 21.8 Å². The van der Waals surface area contributed by atoms with E-state index in [4.69, 9.17) is 0 Å². The van der Waals surface area contributed by atoms with Crippen molar-refractivity contribution in [2.75, 3.05) is 0 Å². The fourth-order valence-electron chi connectivity index (χ4n) is 1.33. The number of nitrogens with one attached hydrogen (secondary N) is 1. The Bertz CT molecular complexity index is 359. The highest BCUT2D eigenvalue weighted by Gasteiger charge is 2.28. The van der Waals surface area contributed by atoms with Gasteiger partial charge in [0.15, 0.2) is 0 Å². The van der Waals surface area contributed by atoms with Crippen molar-refractivity contribution in [1.29, 1.82) is 0 Å². The monoisotopic (exact) mass is 243 g/mol. The van der Waals surface area contributed by atoms with Gasteiger partial charge in [-0.25, -0.2) is 4.39 Å². The van der Waals surface area contributed by atoms with E-state index in [1.54, 1.807) is 12.1 Å². The Kier molecular flexibility index (Phi) is 2.07. The molecule has 68 valence electrons. The molecule has 0 aliphatic carbocycles. The number of carbonyl (C=O) groups excluding carboxylic acids is 1. The molecule has 2 nitrogen and oxygen atoms in total. The van der Waals surface area contributed by atoms with Gasteiger partial charge >= 0.3 is 0 Å². The summed E-state index contributed by atoms with van der Waals surface area (Å²) in [6.45, 7) is 0. The molecule has 13 heavy (non-hydrogen) atoms. The van der Waals surface area contributed by atoms with Crippen LogP contribution in [0.15, 0.2) is 22.7 Å². The molecule has 0 bridgehead atoms. The molecule has 0 radical (unpaired) electrons. The lowest BCUT2D eigenvalue weighted by molar-refractivity contribution is -0.128. The highest BCUT2D eigenvalue weighted by atomic mass is 79.9. The number of hydrogen-bond donors (Lipinski definition) is 1. The molecule has 1 aliphatic rings. The lowest BCUT2D eigenvalue weighted by Gasteiger charge is -2.27. The van der Waals surface area contributed by atoms with Gasteiger partial charge in [-0.2, -0.15) is 0 Å². The fourth-order valence-corrected chi connectivity index (χ4v) is 1.71. The number of β-lactam (4-membered cyclic amide) rings is 1. The van der Waals surface area contributed by atoms with Crippen molar-refractivity contribution in [3.05, 3.63) is 34.1 Å². The second-order valence-corrected chi connectivity index (χ2v) is 3.91. The van der Waals surface area contributed by atoms with Crippen LogP contribution in [0.25, 0.3) is 0 Å². The van der Waals surface area contributed by atoms with E-state index in [9.17, 15) is 9.18 Å². The zero-order valence-electron chi connectivity index (χ0n) is 6.68. The smallest absolute Gasteiger partial charge is 0.222 e. The Labute approximate surface area is 83.3 Å². The maximum Gasteiger partial charge on any atom is 0.222 e. The summed E-state index contributed by atoms with van der Waals surface area (Å²) in [4.78, 5) is 10.6. The molecule has 0 saturated carbocycles. The summed E-state index contributed by atoms with van der Waals surface area (Å²) in [5.41, 5.74) is 0.550. The van der Waals surface area contributed by atoms with E-state index < -0.39 is 0 Å². The maximum absolute atomic E-state index is 13.2. The molecule has 1 saturated heterocycles. The Balaban J connectivity index is 2.29. The maximum atomic E-state index is 13.2. The summed E-state index contributed by atoms with van der Waals surface area (Å²) < 4.78 is 14.0. The topological polar surface area (TPSA) is 29.1 Å². The summed E-state index contributed by atoms with van der Waals surface area (Å²) >= 11 is 3.25. The van der Waals surface area contributed by atoms with E-state index in [0.29, 0.717) is 12.0 Å². The normalized spacial score (nSPS) is 20.8. The van der Waals surface area contributed by atoms with Crippen LogP contribution in [-0.2, 0) is 4.79 Å². The van der Waals surface area contributed by atoms with E-state index in [2.05, 4.69) is 21.2 Å². The molecule has 4 heteroatoms. The van der Waals surface area contributed by atoms with Gasteiger partial charge in [0.05, 0.1) is 12.5 Å². The van der Waals surface area contributed by atoms with E-state index >= 15 is 0 Å². The van der Waals surface area contributed by atoms with Gasteiger partial charge in [-0.1, -0.05) is 15.9 Å². The average Bonchev–Trinajstić information content (AvgIpc) is 2.04. The lowest BCUT2D eigenvalue weighted by Crippen LogP contribution is -2.41. The van der Waals surface area contributed by atoms with Gasteiger partial charge in [-0.15, -0.1) is 0 Å². The van der Waals surface area contributed by atoms with Crippen LogP contribution in [0, 0.1) is 5.82 Å². The van der Waals surface area contributed by atoms with Gasteiger partial charge in [0.1, 0.15) is 5.82 Å². The number of halogens is 2. The van der Waals surface area contributed by atoms with E-state index in [1.807, 2.05) is 0 Å². The van der Waals surface area contributed by atoms with Crippen molar-refractivity contribution in [3.8, 4) is 0 Å². The van der Waals surface area contributed by atoms with E-state index in [0.717, 1.165) is 4.47 Å². The van der Waals surface area contributed by atoms with Gasteiger partial charge in [-0.05, 0) is 18.2 Å². The van der Waals surface area contributed by atoms with Crippen LogP contribution in [0.3, 0.4) is 0 Å². The molecular weight excluding hydrogens is 237 g/mol. The van der Waals surface area contributed by atoms with Crippen LogP contribution in [0.1, 0.15) is 18.0 Å². The first kappa shape index (κ1) is 8.69. The number of amides is 1. The quantitative estimate of drug-likeness (QED) is 0.753. The van der Waals surface area contributed by atoms with Crippen molar-refractivity contribution in [2.45, 2.75) is 12.5 Å². The molecule has 1 aromatic rings. The number of carbonyl (C=O) groups is 1. The Morgan fingerprint density at radius 2 is 2.23 bits per heavy atom. The van der Waals surface area contributed by atoms with Crippen molar-refractivity contribution < 1.29 is 9.18 Å². The van der Waals surface area contributed by atoms with Crippen molar-refractivity contribution in [2.24, 2.45) is 0 Å². The molecule has 1 aromatic carbocycles. The third kappa shape index (κ3) is 1.58. The molecule has 1 amide bonds. The SMILES string of the molecule is O=C1CC(c2cc(Br)ccc2F)N1. The summed E-state index contributed by atoms with van der Waals surface area (Å²) in [6, 6.07) is 4.58. The van der Waals surface area contributed by atoms with Crippen molar-refractivity contribution in [3.63, 3.8) is 0 Å². The first-order valence-corrected chi connectivity index (χ1v) is 4.70. The van der Waals surface area contributed by atoms with Gasteiger partial charge in [0, 0.05) is 10.0 Å². The third-order valence-electron chi connectivity index (χ3n) is 2.06. The zero-order chi connectivity index (χ0) is 9.42. The highest BCUT2D eigenvalue weighted by Crippen LogP contribution is 2.28. The Morgan fingerprint density at radius 3 is 2.85 bits per heavy atom. The molecular formula is C9H7BrFNO. The van der Waals surface area contributed by atoms with E-state index in [1.165, 1.54) is 6.07 Å². The lowest BCUT2D eigenvalue weighted by atomic mass is 9.97. The average molecular weight is 244 g/mol. The molecule has 2 rings (SSSR count). The molecule has 1 atom stereocenters. The van der Waals surface area contributed by atoms with Gasteiger partial charge < -0.3 is 5.32 Å². The Morgan fingerprint density at radius 1 is 1.54 bits per heavy atom. The third-order valence-corrected chi connectivity index (χ3v) is 2.55. The number of hydrogen-bond acceptors (Lipinski definition) is 1. The van der Waals surface area contributed by atoms with Crippen LogP contribution in [0.2, 0.25) is 0 Å². The first-order chi connectivity index (χ1) is 6.16. The molecule has 1 heterocycles. The molecule has 1 aliphatic heterocycles. The molecule has 1 unspecified atom stereocenters. The molecule has 0 spiro atoms. The van der Waals surface area contributed by atoms with E-state index in [-0.39, 0.29) is 17.8 Å². The fraction of sp³-hybridized carbons (Fsp3) is 0.222. The highest BCUT2D eigenvalue weighted by molar-refractivity contribution is 9.10. The standard InChI is InChI=1S/C9H7BrFNO/c10-5-1-2-7(11)6(3-5)8-4-9(13)12-8/h1-3,8H,4H2,(H,12,13). The summed E-state index contributed by atoms with van der Waals surface area (Å²) in [6.07, 6.45) is 0.382. The van der Waals surface area contributed by atoms with Gasteiger partial charge in [-0.3, -0.25) is 4.79 Å². The first-order valence-electron chi connectivity index (χ1n) is 3.91. The molecule has 1 N–H and O–H groups in total. The largest absolute Gasteiger partial charge is 0.349 e. The zero-order valence-corrected chi connectivity index (χ0v) is 8.27. The van der Waals surface area contributed by atoms with Gasteiger partial charge in [0.2, 0.25) is 5.91 Å². The van der Waals surface area contributed by atoms with Crippen LogP contribution in [-0.4, -0.2) is 5.91 Å². The summed E-state index contributed by atoms with van der Waals surface area (Å²) in [7, 11) is 0. The minimum atomic E-state index is -0.270. The summed E-state index contributed by atoms with van der Waals surface area (Å²) in [5, 5.41) is 2.63.